The molecule has 3 rings (SSSR count). The van der Waals surface area contributed by atoms with Crippen molar-refractivity contribution in [2.75, 3.05) is 0 Å². The monoisotopic (exact) mass is 348 g/mol. The summed E-state index contributed by atoms with van der Waals surface area (Å²) in [5.74, 6) is -0.940. The fraction of sp³-hybridized carbons (Fsp3) is 0.250. The summed E-state index contributed by atoms with van der Waals surface area (Å²) in [5.41, 5.74) is 0.0737. The van der Waals surface area contributed by atoms with Crippen LogP contribution in [-0.4, -0.2) is 19.5 Å². The number of H-pyrrole nitrogens is 1. The van der Waals surface area contributed by atoms with Crippen molar-refractivity contribution in [2.24, 2.45) is 0 Å². The Labute approximate surface area is 141 Å². The summed E-state index contributed by atoms with van der Waals surface area (Å²) in [7, 11) is 0. The summed E-state index contributed by atoms with van der Waals surface area (Å²) in [6, 6.07) is 1.71. The van der Waals surface area contributed by atoms with Gasteiger partial charge in [-0.25, -0.2) is 14.2 Å². The molecule has 8 heteroatoms. The van der Waals surface area contributed by atoms with Crippen LogP contribution in [0.3, 0.4) is 0 Å². The van der Waals surface area contributed by atoms with Crippen LogP contribution in [0.1, 0.15) is 31.0 Å². The van der Waals surface area contributed by atoms with Gasteiger partial charge in [-0.2, -0.15) is 0 Å². The number of nitrogens with zero attached hydrogens (tertiary/aromatic N) is 3. The Bertz CT molecular complexity index is 1070. The first-order chi connectivity index (χ1) is 11.3. The molecule has 0 saturated carbocycles. The van der Waals surface area contributed by atoms with Crippen molar-refractivity contribution in [1.82, 2.24) is 19.5 Å². The fourth-order valence-corrected chi connectivity index (χ4v) is 2.80. The summed E-state index contributed by atoms with van der Waals surface area (Å²) in [4.78, 5) is 34.7. The number of halogens is 2. The number of aromatic nitrogens is 4. The van der Waals surface area contributed by atoms with Crippen molar-refractivity contribution in [3.8, 4) is 5.69 Å². The normalized spacial score (nSPS) is 11.4. The Hall–Kier alpha value is -2.54. The Kier molecular flexibility index (Phi) is 3.96. The minimum atomic E-state index is -0.921. The lowest BCUT2D eigenvalue weighted by Gasteiger charge is -2.18. The van der Waals surface area contributed by atoms with E-state index in [0.29, 0.717) is 11.4 Å². The maximum Gasteiger partial charge on any atom is 0.333 e. The van der Waals surface area contributed by atoms with Crippen LogP contribution in [0.4, 0.5) is 4.39 Å². The van der Waals surface area contributed by atoms with Gasteiger partial charge in [0.1, 0.15) is 5.52 Å². The van der Waals surface area contributed by atoms with Crippen LogP contribution in [0, 0.1) is 12.7 Å². The molecule has 0 aromatic carbocycles. The second-order valence-electron chi connectivity index (χ2n) is 5.74. The Balaban J connectivity index is 2.61. The van der Waals surface area contributed by atoms with Gasteiger partial charge in [-0.05, 0) is 24.5 Å². The maximum atomic E-state index is 14.6. The molecule has 0 radical (unpaired) electrons. The van der Waals surface area contributed by atoms with E-state index in [2.05, 4.69) is 15.0 Å². The minimum absolute atomic E-state index is 0.0193. The lowest BCUT2D eigenvalue weighted by Crippen LogP contribution is -2.31. The summed E-state index contributed by atoms with van der Waals surface area (Å²) in [5, 5.41) is -0.469. The fourth-order valence-electron chi connectivity index (χ4n) is 2.66. The predicted octanol–water partition coefficient (Wildman–Crippen LogP) is 2.69. The number of rotatable bonds is 2. The molecule has 0 atom stereocenters. The number of aromatic amines is 1. The van der Waals surface area contributed by atoms with Crippen LogP contribution in [0.2, 0.25) is 5.15 Å². The van der Waals surface area contributed by atoms with Gasteiger partial charge >= 0.3 is 5.69 Å². The molecule has 0 aliphatic rings. The smallest absolute Gasteiger partial charge is 0.273 e. The third-order valence-corrected chi connectivity index (χ3v) is 4.03. The lowest BCUT2D eigenvalue weighted by molar-refractivity contribution is 0.625. The molecule has 0 aliphatic heterocycles. The highest BCUT2D eigenvalue weighted by Gasteiger charge is 2.21. The predicted molar refractivity (Wildman–Crippen MR) is 89.5 cm³/mol. The molecule has 0 amide bonds. The average molecular weight is 349 g/mol. The highest BCUT2D eigenvalue weighted by molar-refractivity contribution is 6.30. The van der Waals surface area contributed by atoms with Crippen LogP contribution < -0.4 is 11.2 Å². The molecule has 0 saturated heterocycles. The van der Waals surface area contributed by atoms with Crippen molar-refractivity contribution in [3.05, 3.63) is 61.5 Å². The number of hydrogen-bond acceptors (Lipinski definition) is 4. The summed E-state index contributed by atoms with van der Waals surface area (Å²) in [6.45, 7) is 5.61. The van der Waals surface area contributed by atoms with E-state index < -0.39 is 22.2 Å². The molecule has 0 fully saturated rings. The first kappa shape index (κ1) is 16.3. The molecule has 0 aliphatic carbocycles. The molecule has 3 heterocycles. The molecule has 24 heavy (non-hydrogen) atoms. The van der Waals surface area contributed by atoms with Gasteiger partial charge in [0.15, 0.2) is 11.0 Å². The molecule has 0 unspecified atom stereocenters. The summed E-state index contributed by atoms with van der Waals surface area (Å²) < 4.78 is 15.7. The average Bonchev–Trinajstić information content (AvgIpc) is 2.52. The Morgan fingerprint density at radius 1 is 1.29 bits per heavy atom. The molecule has 1 N–H and O–H groups in total. The van der Waals surface area contributed by atoms with Crippen LogP contribution >= 0.6 is 11.6 Å². The van der Waals surface area contributed by atoms with Gasteiger partial charge in [-0.1, -0.05) is 25.4 Å². The molecule has 0 bridgehead atoms. The number of pyridine rings is 2. The van der Waals surface area contributed by atoms with Crippen LogP contribution in [0.25, 0.3) is 16.6 Å². The van der Waals surface area contributed by atoms with E-state index in [0.717, 1.165) is 16.3 Å². The van der Waals surface area contributed by atoms with E-state index in [9.17, 15) is 14.0 Å². The largest absolute Gasteiger partial charge is 0.333 e. The Morgan fingerprint density at radius 2 is 2.00 bits per heavy atom. The zero-order valence-corrected chi connectivity index (χ0v) is 14.0. The maximum absolute atomic E-state index is 14.6. The molecular formula is C16H14ClFN4O2. The van der Waals surface area contributed by atoms with E-state index in [1.54, 1.807) is 19.2 Å². The third kappa shape index (κ3) is 2.41. The number of aryl methyl sites for hydroxylation is 1. The molecule has 3 aromatic rings. The van der Waals surface area contributed by atoms with Crippen LogP contribution in [0.15, 0.2) is 28.0 Å². The second-order valence-corrected chi connectivity index (χ2v) is 6.09. The molecule has 6 nitrogen and oxygen atoms in total. The number of hydrogen-bond donors (Lipinski definition) is 1. The third-order valence-electron chi connectivity index (χ3n) is 3.77. The standard InChI is InChI=1S/C16H14ClFN4O2/c1-7(2)11-12(8(3)4-5-19-11)22-13-9(15(23)21-16(22)24)6-20-14(17)10(13)18/h4-7H,1-3H3,(H,21,23,24). The van der Waals surface area contributed by atoms with Gasteiger partial charge in [0.2, 0.25) is 0 Å². The van der Waals surface area contributed by atoms with E-state index in [1.165, 1.54) is 0 Å². The Morgan fingerprint density at radius 3 is 2.67 bits per heavy atom. The number of nitrogens with one attached hydrogen (secondary N) is 1. The van der Waals surface area contributed by atoms with Crippen molar-refractivity contribution < 1.29 is 4.39 Å². The topological polar surface area (TPSA) is 80.6 Å². The number of fused-ring (bicyclic) bond motifs is 1. The van der Waals surface area contributed by atoms with Crippen LogP contribution in [0.5, 0.6) is 0 Å². The van der Waals surface area contributed by atoms with Crippen molar-refractivity contribution >= 4 is 22.5 Å². The quantitative estimate of drug-likeness (QED) is 0.722. The molecule has 124 valence electrons. The summed E-state index contributed by atoms with van der Waals surface area (Å²) in [6.07, 6.45) is 2.77. The SMILES string of the molecule is Cc1ccnc(C(C)C)c1-n1c(=O)[nH]c(=O)c2cnc(Cl)c(F)c21. The van der Waals surface area contributed by atoms with Crippen molar-refractivity contribution in [2.45, 2.75) is 26.7 Å². The van der Waals surface area contributed by atoms with E-state index in [-0.39, 0.29) is 16.8 Å². The molecule has 3 aromatic heterocycles. The van der Waals surface area contributed by atoms with Gasteiger partial charge in [-0.15, -0.1) is 0 Å². The van der Waals surface area contributed by atoms with Gasteiger partial charge in [0.25, 0.3) is 5.56 Å². The van der Waals surface area contributed by atoms with Gasteiger partial charge in [-0.3, -0.25) is 19.3 Å². The zero-order chi connectivity index (χ0) is 17.6. The zero-order valence-electron chi connectivity index (χ0n) is 13.2. The highest BCUT2D eigenvalue weighted by atomic mass is 35.5. The second kappa shape index (κ2) is 5.83. The van der Waals surface area contributed by atoms with Crippen molar-refractivity contribution in [3.63, 3.8) is 0 Å². The minimum Gasteiger partial charge on any atom is -0.273 e. The summed E-state index contributed by atoms with van der Waals surface area (Å²) >= 11 is 5.76. The molecule has 0 spiro atoms. The van der Waals surface area contributed by atoms with Gasteiger partial charge < -0.3 is 0 Å². The lowest BCUT2D eigenvalue weighted by atomic mass is 10.0. The van der Waals surface area contributed by atoms with Crippen molar-refractivity contribution in [1.29, 1.82) is 0 Å². The molecular weight excluding hydrogens is 335 g/mol. The highest BCUT2D eigenvalue weighted by Crippen LogP contribution is 2.27. The van der Waals surface area contributed by atoms with E-state index in [4.69, 9.17) is 11.6 Å². The first-order valence-corrected chi connectivity index (χ1v) is 7.65. The van der Waals surface area contributed by atoms with Gasteiger partial charge in [0, 0.05) is 12.4 Å². The first-order valence-electron chi connectivity index (χ1n) is 7.27. The van der Waals surface area contributed by atoms with Gasteiger partial charge in [0.05, 0.1) is 16.8 Å². The van der Waals surface area contributed by atoms with Crippen LogP contribution in [-0.2, 0) is 0 Å². The van der Waals surface area contributed by atoms with E-state index >= 15 is 0 Å². The van der Waals surface area contributed by atoms with E-state index in [1.807, 2.05) is 13.8 Å².